The molecule has 1 aliphatic rings. The summed E-state index contributed by atoms with van der Waals surface area (Å²) in [6.07, 6.45) is 3.53. The van der Waals surface area contributed by atoms with Crippen LogP contribution in [0.25, 0.3) is 10.2 Å². The van der Waals surface area contributed by atoms with Crippen molar-refractivity contribution in [3.8, 4) is 0 Å². The quantitative estimate of drug-likeness (QED) is 0.786. The summed E-state index contributed by atoms with van der Waals surface area (Å²) in [6.45, 7) is 2.69. The smallest absolute Gasteiger partial charge is 0.261 e. The zero-order valence-corrected chi connectivity index (χ0v) is 14.8. The molecule has 1 aliphatic carbocycles. The average molecular weight is 339 g/mol. The molecule has 124 valence electrons. The molecule has 0 bridgehead atoms. The lowest BCUT2D eigenvalue weighted by atomic mass is 9.64. The lowest BCUT2D eigenvalue weighted by Crippen LogP contribution is -2.45. The van der Waals surface area contributed by atoms with E-state index in [2.05, 4.69) is 34.7 Å². The van der Waals surface area contributed by atoms with Crippen LogP contribution in [-0.2, 0) is 12.5 Å². The van der Waals surface area contributed by atoms with E-state index in [0.29, 0.717) is 6.54 Å². The Morgan fingerprint density at radius 2 is 2.08 bits per heavy atom. The zero-order valence-electron chi connectivity index (χ0n) is 14.0. The molecule has 1 saturated carbocycles. The normalized spacial score (nSPS) is 16.1. The largest absolute Gasteiger partial charge is 0.350 e. The van der Waals surface area contributed by atoms with Gasteiger partial charge >= 0.3 is 0 Å². The Hall–Kier alpha value is -2.14. The fourth-order valence-corrected chi connectivity index (χ4v) is 4.66. The van der Waals surface area contributed by atoms with Crippen LogP contribution in [-0.4, -0.2) is 22.2 Å². The standard InChI is InChI=1S/C19H21N3OS/c1-13-15-11-16(24-18(15)22(2)21-13)17(23)20-12-19(9-6-10-19)14-7-4-3-5-8-14/h3-5,7-8,11H,6,9-10,12H2,1-2H3,(H,20,23). The Balaban J connectivity index is 1.52. The molecule has 24 heavy (non-hydrogen) atoms. The molecule has 1 N–H and O–H groups in total. The lowest BCUT2D eigenvalue weighted by molar-refractivity contribution is 0.0932. The summed E-state index contributed by atoms with van der Waals surface area (Å²) in [4.78, 5) is 14.4. The van der Waals surface area contributed by atoms with Crippen LogP contribution in [0.1, 0.15) is 40.2 Å². The summed E-state index contributed by atoms with van der Waals surface area (Å²) >= 11 is 1.51. The number of carbonyl (C=O) groups excluding carboxylic acids is 1. The van der Waals surface area contributed by atoms with Gasteiger partial charge in [0.25, 0.3) is 5.91 Å². The van der Waals surface area contributed by atoms with Gasteiger partial charge in [0, 0.05) is 24.4 Å². The number of benzene rings is 1. The number of nitrogens with zero attached hydrogens (tertiary/aromatic N) is 2. The number of carbonyl (C=O) groups is 1. The first-order chi connectivity index (χ1) is 11.6. The molecule has 0 spiro atoms. The molecule has 5 heteroatoms. The van der Waals surface area contributed by atoms with Gasteiger partial charge in [-0.3, -0.25) is 9.48 Å². The SMILES string of the molecule is Cc1nn(C)c2sc(C(=O)NCC3(c4ccccc4)CCC3)cc12. The highest BCUT2D eigenvalue weighted by Crippen LogP contribution is 2.43. The van der Waals surface area contributed by atoms with Crippen LogP contribution in [0.3, 0.4) is 0 Å². The van der Waals surface area contributed by atoms with E-state index < -0.39 is 0 Å². The van der Waals surface area contributed by atoms with Gasteiger partial charge in [-0.1, -0.05) is 36.8 Å². The number of amides is 1. The molecule has 2 heterocycles. The Labute approximate surface area is 145 Å². The van der Waals surface area contributed by atoms with Crippen molar-refractivity contribution in [2.24, 2.45) is 7.05 Å². The molecule has 4 nitrogen and oxygen atoms in total. The van der Waals surface area contributed by atoms with Gasteiger partial charge in [0.1, 0.15) is 4.83 Å². The maximum Gasteiger partial charge on any atom is 0.261 e. The highest BCUT2D eigenvalue weighted by Gasteiger charge is 2.38. The first-order valence-electron chi connectivity index (χ1n) is 8.36. The van der Waals surface area contributed by atoms with Crippen molar-refractivity contribution in [1.29, 1.82) is 0 Å². The van der Waals surface area contributed by atoms with E-state index in [9.17, 15) is 4.79 Å². The maximum absolute atomic E-state index is 12.6. The van der Waals surface area contributed by atoms with Crippen molar-refractivity contribution in [3.63, 3.8) is 0 Å². The number of nitrogens with one attached hydrogen (secondary N) is 1. The maximum atomic E-state index is 12.6. The van der Waals surface area contributed by atoms with Crippen molar-refractivity contribution >= 4 is 27.5 Å². The van der Waals surface area contributed by atoms with Crippen LogP contribution in [0.15, 0.2) is 36.4 Å². The second kappa shape index (κ2) is 5.74. The van der Waals surface area contributed by atoms with Crippen molar-refractivity contribution in [3.05, 3.63) is 52.5 Å². The number of aryl methyl sites for hydroxylation is 2. The Morgan fingerprint density at radius 3 is 2.71 bits per heavy atom. The molecule has 1 aromatic carbocycles. The summed E-state index contributed by atoms with van der Waals surface area (Å²) in [6, 6.07) is 12.5. The summed E-state index contributed by atoms with van der Waals surface area (Å²) in [5, 5.41) is 8.64. The molecule has 1 fully saturated rings. The fraction of sp³-hybridized carbons (Fsp3) is 0.368. The minimum absolute atomic E-state index is 0.0257. The van der Waals surface area contributed by atoms with E-state index in [4.69, 9.17) is 0 Å². The van der Waals surface area contributed by atoms with Crippen LogP contribution in [0.5, 0.6) is 0 Å². The molecule has 2 aromatic heterocycles. The second-order valence-corrected chi connectivity index (χ2v) is 7.75. The molecule has 3 aromatic rings. The fourth-order valence-electron chi connectivity index (χ4n) is 3.62. The van der Waals surface area contributed by atoms with Crippen LogP contribution in [0, 0.1) is 6.92 Å². The van der Waals surface area contributed by atoms with E-state index in [1.807, 2.05) is 30.8 Å². The third-order valence-electron chi connectivity index (χ3n) is 5.20. The van der Waals surface area contributed by atoms with Gasteiger partial charge in [-0.2, -0.15) is 5.10 Å². The Morgan fingerprint density at radius 1 is 1.33 bits per heavy atom. The third kappa shape index (κ3) is 2.44. The highest BCUT2D eigenvalue weighted by molar-refractivity contribution is 7.20. The predicted molar refractivity (Wildman–Crippen MR) is 97.6 cm³/mol. The van der Waals surface area contributed by atoms with E-state index >= 15 is 0 Å². The lowest BCUT2D eigenvalue weighted by Gasteiger charge is -2.42. The first kappa shape index (κ1) is 15.4. The van der Waals surface area contributed by atoms with Gasteiger partial charge in [-0.25, -0.2) is 0 Å². The van der Waals surface area contributed by atoms with Crippen molar-refractivity contribution in [2.45, 2.75) is 31.6 Å². The topological polar surface area (TPSA) is 46.9 Å². The number of rotatable bonds is 4. The summed E-state index contributed by atoms with van der Waals surface area (Å²) < 4.78 is 1.85. The molecule has 0 radical (unpaired) electrons. The van der Waals surface area contributed by atoms with Crippen LogP contribution >= 0.6 is 11.3 Å². The minimum Gasteiger partial charge on any atom is -0.350 e. The van der Waals surface area contributed by atoms with E-state index in [0.717, 1.165) is 33.6 Å². The molecular weight excluding hydrogens is 318 g/mol. The van der Waals surface area contributed by atoms with E-state index in [1.54, 1.807) is 0 Å². The van der Waals surface area contributed by atoms with Gasteiger partial charge in [-0.05, 0) is 31.4 Å². The first-order valence-corrected chi connectivity index (χ1v) is 9.18. The van der Waals surface area contributed by atoms with Gasteiger partial charge in [0.2, 0.25) is 0 Å². The number of hydrogen-bond acceptors (Lipinski definition) is 3. The Bertz CT molecular complexity index is 856. The van der Waals surface area contributed by atoms with E-state index in [1.165, 1.54) is 23.3 Å². The van der Waals surface area contributed by atoms with Gasteiger partial charge in [-0.15, -0.1) is 11.3 Å². The van der Waals surface area contributed by atoms with Crippen molar-refractivity contribution in [2.75, 3.05) is 6.54 Å². The number of aromatic nitrogens is 2. The van der Waals surface area contributed by atoms with Gasteiger partial charge < -0.3 is 5.32 Å². The number of thiophene rings is 1. The van der Waals surface area contributed by atoms with Crippen molar-refractivity contribution < 1.29 is 4.79 Å². The van der Waals surface area contributed by atoms with Crippen molar-refractivity contribution in [1.82, 2.24) is 15.1 Å². The van der Waals surface area contributed by atoms with Gasteiger partial charge in [0.05, 0.1) is 10.6 Å². The van der Waals surface area contributed by atoms with Crippen LogP contribution < -0.4 is 5.32 Å². The summed E-state index contributed by atoms with van der Waals surface area (Å²) in [5.74, 6) is 0.0257. The van der Waals surface area contributed by atoms with E-state index in [-0.39, 0.29) is 11.3 Å². The van der Waals surface area contributed by atoms with Gasteiger partial charge in [0.15, 0.2) is 0 Å². The molecular formula is C19H21N3OS. The average Bonchev–Trinajstić information content (AvgIpc) is 3.09. The monoisotopic (exact) mass is 339 g/mol. The highest BCUT2D eigenvalue weighted by atomic mass is 32.1. The molecule has 0 aliphatic heterocycles. The molecule has 4 rings (SSSR count). The molecule has 0 unspecified atom stereocenters. The summed E-state index contributed by atoms with van der Waals surface area (Å²) in [5.41, 5.74) is 2.43. The number of fused-ring (bicyclic) bond motifs is 1. The molecule has 1 amide bonds. The zero-order chi connectivity index (χ0) is 16.7. The predicted octanol–water partition coefficient (Wildman–Crippen LogP) is 3.79. The summed E-state index contributed by atoms with van der Waals surface area (Å²) in [7, 11) is 1.92. The molecule has 0 saturated heterocycles. The third-order valence-corrected chi connectivity index (χ3v) is 6.40. The Kier molecular flexibility index (Phi) is 3.68. The van der Waals surface area contributed by atoms with Crippen LogP contribution in [0.2, 0.25) is 0 Å². The molecule has 0 atom stereocenters. The number of hydrogen-bond donors (Lipinski definition) is 1. The second-order valence-electron chi connectivity index (χ2n) is 6.72. The minimum atomic E-state index is 0.0257. The van der Waals surface area contributed by atoms with Crippen LogP contribution in [0.4, 0.5) is 0 Å².